The van der Waals surface area contributed by atoms with E-state index < -0.39 is 22.9 Å². The van der Waals surface area contributed by atoms with Crippen molar-refractivity contribution in [3.63, 3.8) is 0 Å². The van der Waals surface area contributed by atoms with E-state index in [1.165, 1.54) is 39.2 Å². The van der Waals surface area contributed by atoms with Crippen LogP contribution < -0.4 is 10.1 Å². The summed E-state index contributed by atoms with van der Waals surface area (Å²) in [5.74, 6) is -0.979. The van der Waals surface area contributed by atoms with Crippen LogP contribution in [0.2, 0.25) is 0 Å². The predicted molar refractivity (Wildman–Crippen MR) is 69.5 cm³/mol. The van der Waals surface area contributed by atoms with Crippen molar-refractivity contribution < 1.29 is 24.0 Å². The summed E-state index contributed by atoms with van der Waals surface area (Å²) < 4.78 is 9.56. The molecule has 0 saturated heterocycles. The van der Waals surface area contributed by atoms with Gasteiger partial charge in [-0.15, -0.1) is 0 Å². The molecule has 0 aromatic heterocycles. The second-order valence-electron chi connectivity index (χ2n) is 3.88. The molecule has 1 aromatic rings. The zero-order chi connectivity index (χ0) is 15.3. The molecule has 1 amide bonds. The molecule has 20 heavy (non-hydrogen) atoms. The fourth-order valence-corrected chi connectivity index (χ4v) is 1.43. The number of nitro benzene ring substituents is 1. The maximum absolute atomic E-state index is 11.7. The highest BCUT2D eigenvalue weighted by molar-refractivity contribution is 5.96. The van der Waals surface area contributed by atoms with Crippen LogP contribution in [0.4, 0.5) is 11.4 Å². The molecule has 0 aliphatic heterocycles. The Morgan fingerprint density at radius 3 is 2.55 bits per heavy atom. The number of nitrogens with zero attached hydrogens (tertiary/aromatic N) is 1. The molecule has 8 heteroatoms. The minimum atomic E-state index is -1.05. The van der Waals surface area contributed by atoms with E-state index in [2.05, 4.69) is 10.1 Å². The number of carbonyl (C=O) groups is 2. The van der Waals surface area contributed by atoms with Crippen LogP contribution in [-0.2, 0) is 14.3 Å². The van der Waals surface area contributed by atoms with Crippen molar-refractivity contribution >= 4 is 23.3 Å². The molecule has 1 N–H and O–H groups in total. The number of esters is 1. The fourth-order valence-electron chi connectivity index (χ4n) is 1.43. The van der Waals surface area contributed by atoms with Crippen LogP contribution in [0.1, 0.15) is 13.8 Å². The average Bonchev–Trinajstić information content (AvgIpc) is 2.37. The fraction of sp³-hybridized carbons (Fsp3) is 0.333. The monoisotopic (exact) mass is 282 g/mol. The minimum absolute atomic E-state index is 0.000183. The van der Waals surface area contributed by atoms with Gasteiger partial charge in [-0.2, -0.15) is 0 Å². The third-order valence-corrected chi connectivity index (χ3v) is 2.37. The van der Waals surface area contributed by atoms with Gasteiger partial charge >= 0.3 is 5.97 Å². The van der Waals surface area contributed by atoms with Crippen LogP contribution in [0.15, 0.2) is 18.2 Å². The predicted octanol–water partition coefficient (Wildman–Crippen LogP) is 1.49. The highest BCUT2D eigenvalue weighted by atomic mass is 16.6. The molecule has 0 radical (unpaired) electrons. The summed E-state index contributed by atoms with van der Waals surface area (Å²) >= 11 is 0. The number of rotatable bonds is 5. The molecule has 1 atom stereocenters. The van der Waals surface area contributed by atoms with Crippen LogP contribution in [0.3, 0.4) is 0 Å². The molecule has 0 saturated carbocycles. The third kappa shape index (κ3) is 3.94. The number of hydrogen-bond donors (Lipinski definition) is 1. The number of nitrogens with one attached hydrogen (secondary N) is 1. The molecule has 0 fully saturated rings. The number of methoxy groups -OCH3 is 1. The second kappa shape index (κ2) is 6.50. The Morgan fingerprint density at radius 2 is 2.05 bits per heavy atom. The van der Waals surface area contributed by atoms with Gasteiger partial charge in [0.15, 0.2) is 6.10 Å². The average molecular weight is 282 g/mol. The molecule has 0 unspecified atom stereocenters. The maximum atomic E-state index is 11.7. The van der Waals surface area contributed by atoms with E-state index in [1.807, 2.05) is 0 Å². The zero-order valence-corrected chi connectivity index (χ0v) is 11.2. The molecule has 1 aromatic carbocycles. The Kier molecular flexibility index (Phi) is 5.01. The molecule has 0 aliphatic rings. The molecule has 0 spiro atoms. The molecule has 8 nitrogen and oxygen atoms in total. The van der Waals surface area contributed by atoms with Crippen molar-refractivity contribution in [2.75, 3.05) is 12.4 Å². The highest BCUT2D eigenvalue weighted by Gasteiger charge is 2.21. The SMILES string of the molecule is COc1ccc(NC(=O)[C@H](C)OC(C)=O)c([N+](=O)[O-])c1. The summed E-state index contributed by atoms with van der Waals surface area (Å²) in [6.45, 7) is 2.53. The molecular formula is C12H14N2O6. The van der Waals surface area contributed by atoms with E-state index in [9.17, 15) is 19.7 Å². The summed E-state index contributed by atoms with van der Waals surface area (Å²) in [4.78, 5) is 32.8. The number of benzene rings is 1. The molecule has 0 bridgehead atoms. The first-order chi connectivity index (χ1) is 9.35. The van der Waals surface area contributed by atoms with Crippen LogP contribution >= 0.6 is 0 Å². The van der Waals surface area contributed by atoms with E-state index >= 15 is 0 Å². The lowest BCUT2D eigenvalue weighted by Crippen LogP contribution is -2.29. The summed E-state index contributed by atoms with van der Waals surface area (Å²) in [5.41, 5.74) is -0.312. The lowest BCUT2D eigenvalue weighted by molar-refractivity contribution is -0.384. The van der Waals surface area contributed by atoms with Crippen LogP contribution in [0.25, 0.3) is 0 Å². The third-order valence-electron chi connectivity index (χ3n) is 2.37. The molecule has 108 valence electrons. The maximum Gasteiger partial charge on any atom is 0.303 e. The van der Waals surface area contributed by atoms with Gasteiger partial charge in [0.2, 0.25) is 0 Å². The summed E-state index contributed by atoms with van der Waals surface area (Å²) in [7, 11) is 1.38. The van der Waals surface area contributed by atoms with Crippen molar-refractivity contribution in [3.8, 4) is 5.75 Å². The van der Waals surface area contributed by atoms with Crippen LogP contribution in [-0.4, -0.2) is 30.0 Å². The Morgan fingerprint density at radius 1 is 1.40 bits per heavy atom. The number of ether oxygens (including phenoxy) is 2. The Balaban J connectivity index is 2.94. The smallest absolute Gasteiger partial charge is 0.303 e. The van der Waals surface area contributed by atoms with Crippen molar-refractivity contribution in [2.24, 2.45) is 0 Å². The molecule has 0 heterocycles. The van der Waals surface area contributed by atoms with Gasteiger partial charge in [-0.1, -0.05) is 0 Å². The first-order valence-electron chi connectivity index (χ1n) is 5.65. The quantitative estimate of drug-likeness (QED) is 0.498. The van der Waals surface area contributed by atoms with E-state index in [-0.39, 0.29) is 11.4 Å². The summed E-state index contributed by atoms with van der Waals surface area (Å²) in [5, 5.41) is 13.3. The van der Waals surface area contributed by atoms with Gasteiger partial charge in [0, 0.05) is 6.92 Å². The lowest BCUT2D eigenvalue weighted by atomic mass is 10.2. The van der Waals surface area contributed by atoms with Gasteiger partial charge in [0.1, 0.15) is 11.4 Å². The summed E-state index contributed by atoms with van der Waals surface area (Å²) in [6.07, 6.45) is -1.05. The number of carbonyl (C=O) groups excluding carboxylic acids is 2. The number of anilines is 1. The van der Waals surface area contributed by atoms with Crippen LogP contribution in [0.5, 0.6) is 5.75 Å². The Bertz CT molecular complexity index is 543. The van der Waals surface area contributed by atoms with Gasteiger partial charge in [0.05, 0.1) is 18.1 Å². The molecular weight excluding hydrogens is 268 g/mol. The normalized spacial score (nSPS) is 11.3. The minimum Gasteiger partial charge on any atom is -0.496 e. The second-order valence-corrected chi connectivity index (χ2v) is 3.88. The van der Waals surface area contributed by atoms with Crippen molar-refractivity contribution in [2.45, 2.75) is 20.0 Å². The first-order valence-corrected chi connectivity index (χ1v) is 5.65. The summed E-state index contributed by atoms with van der Waals surface area (Å²) in [6, 6.07) is 4.00. The van der Waals surface area contributed by atoms with Crippen molar-refractivity contribution in [1.82, 2.24) is 0 Å². The van der Waals surface area contributed by atoms with E-state index in [4.69, 9.17) is 4.74 Å². The van der Waals surface area contributed by atoms with Gasteiger partial charge in [-0.05, 0) is 19.1 Å². The van der Waals surface area contributed by atoms with E-state index in [1.54, 1.807) is 0 Å². The first kappa shape index (κ1) is 15.4. The highest BCUT2D eigenvalue weighted by Crippen LogP contribution is 2.29. The standard InChI is InChI=1S/C12H14N2O6/c1-7(20-8(2)15)12(16)13-10-5-4-9(19-3)6-11(10)14(17)18/h4-7H,1-3H3,(H,13,16)/t7-/m0/s1. The van der Waals surface area contributed by atoms with Crippen molar-refractivity contribution in [3.05, 3.63) is 28.3 Å². The topological polar surface area (TPSA) is 108 Å². The molecule has 0 aliphatic carbocycles. The zero-order valence-electron chi connectivity index (χ0n) is 11.2. The Hall–Kier alpha value is -2.64. The van der Waals surface area contributed by atoms with E-state index in [0.717, 1.165) is 0 Å². The van der Waals surface area contributed by atoms with Gasteiger partial charge in [-0.25, -0.2) is 0 Å². The largest absolute Gasteiger partial charge is 0.496 e. The lowest BCUT2D eigenvalue weighted by Gasteiger charge is -2.12. The van der Waals surface area contributed by atoms with E-state index in [0.29, 0.717) is 5.75 Å². The van der Waals surface area contributed by atoms with Gasteiger partial charge < -0.3 is 14.8 Å². The Labute approximate surface area is 114 Å². The van der Waals surface area contributed by atoms with Gasteiger partial charge in [0.25, 0.3) is 11.6 Å². The van der Waals surface area contributed by atoms with Gasteiger partial charge in [-0.3, -0.25) is 19.7 Å². The van der Waals surface area contributed by atoms with Crippen LogP contribution in [0, 0.1) is 10.1 Å². The number of nitro groups is 1. The number of hydrogen-bond acceptors (Lipinski definition) is 6. The number of amides is 1. The van der Waals surface area contributed by atoms with Crippen molar-refractivity contribution in [1.29, 1.82) is 0 Å². The molecule has 1 rings (SSSR count).